The summed E-state index contributed by atoms with van der Waals surface area (Å²) in [6.07, 6.45) is 0.910. The Morgan fingerprint density at radius 1 is 1.19 bits per heavy atom. The van der Waals surface area contributed by atoms with Crippen LogP contribution in [0.2, 0.25) is 0 Å². The minimum Gasteiger partial charge on any atom is -0.384 e. The van der Waals surface area contributed by atoms with Crippen LogP contribution in [0.25, 0.3) is 11.4 Å². The molecule has 31 heavy (non-hydrogen) atoms. The summed E-state index contributed by atoms with van der Waals surface area (Å²) in [5.74, 6) is 0.236. The van der Waals surface area contributed by atoms with Crippen molar-refractivity contribution in [1.82, 2.24) is 19.9 Å². The molecule has 2 N–H and O–H groups in total. The second kappa shape index (κ2) is 8.15. The van der Waals surface area contributed by atoms with Crippen LogP contribution >= 0.6 is 0 Å². The Hall–Kier alpha value is -3.19. The molecular formula is C18H19F2N7O3S. The zero-order chi connectivity index (χ0) is 22.2. The normalized spacial score (nSPS) is 20.5. The van der Waals surface area contributed by atoms with E-state index in [1.165, 1.54) is 23.5 Å². The Morgan fingerprint density at radius 3 is 2.58 bits per heavy atom. The highest BCUT2D eigenvalue weighted by molar-refractivity contribution is 7.97. The van der Waals surface area contributed by atoms with E-state index >= 15 is 0 Å². The van der Waals surface area contributed by atoms with Gasteiger partial charge in [0.15, 0.2) is 15.7 Å². The van der Waals surface area contributed by atoms with Crippen LogP contribution in [0, 0.1) is 0 Å². The van der Waals surface area contributed by atoms with Gasteiger partial charge in [-0.1, -0.05) is 0 Å². The zero-order valence-corrected chi connectivity index (χ0v) is 17.2. The Morgan fingerprint density at radius 2 is 1.90 bits per heavy atom. The van der Waals surface area contributed by atoms with Crippen molar-refractivity contribution < 1.29 is 21.9 Å². The molecule has 2 aliphatic heterocycles. The zero-order valence-electron chi connectivity index (χ0n) is 16.4. The number of nitrogens with zero attached hydrogens (tertiary/aromatic N) is 6. The molecule has 2 aliphatic rings. The van der Waals surface area contributed by atoms with E-state index in [9.17, 15) is 17.2 Å². The first-order valence-electron chi connectivity index (χ1n) is 9.28. The first kappa shape index (κ1) is 21.1. The summed E-state index contributed by atoms with van der Waals surface area (Å²) in [5.41, 5.74) is 5.22. The molecule has 2 aromatic heterocycles. The maximum Gasteiger partial charge on any atom is 0.264 e. The van der Waals surface area contributed by atoms with E-state index in [1.807, 2.05) is 11.8 Å². The van der Waals surface area contributed by atoms with E-state index in [2.05, 4.69) is 19.9 Å². The van der Waals surface area contributed by atoms with Gasteiger partial charge in [-0.15, -0.1) is 0 Å². The van der Waals surface area contributed by atoms with E-state index in [-0.39, 0.29) is 40.7 Å². The number of nitrogens with two attached hydrogens (primary N) is 1. The van der Waals surface area contributed by atoms with Crippen LogP contribution in [-0.2, 0) is 14.6 Å². The summed E-state index contributed by atoms with van der Waals surface area (Å²) in [5, 5.41) is 1.98. The van der Waals surface area contributed by atoms with Crippen LogP contribution in [0.1, 0.15) is 18.9 Å². The molecule has 13 heteroatoms. The third-order valence-corrected chi connectivity index (χ3v) is 5.72. The van der Waals surface area contributed by atoms with Gasteiger partial charge < -0.3 is 15.4 Å². The Balaban J connectivity index is 1.86. The van der Waals surface area contributed by atoms with Crippen LogP contribution < -0.4 is 15.5 Å². The van der Waals surface area contributed by atoms with Gasteiger partial charge in [0, 0.05) is 36.3 Å². The highest BCUT2D eigenvalue weighted by atomic mass is 32.2. The van der Waals surface area contributed by atoms with Crippen LogP contribution in [0.15, 0.2) is 35.5 Å². The monoisotopic (exact) mass is 451 g/mol. The lowest BCUT2D eigenvalue weighted by Gasteiger charge is -2.33. The number of ether oxygens (including phenoxy) is 1. The van der Waals surface area contributed by atoms with Gasteiger partial charge in [-0.05, 0) is 13.0 Å². The molecule has 0 aromatic carbocycles. The van der Waals surface area contributed by atoms with Crippen molar-refractivity contribution in [2.45, 2.75) is 19.4 Å². The van der Waals surface area contributed by atoms with Gasteiger partial charge in [-0.3, -0.25) is 4.90 Å². The Labute approximate surface area is 177 Å². The summed E-state index contributed by atoms with van der Waals surface area (Å²) in [6, 6.07) is 1.01. The summed E-state index contributed by atoms with van der Waals surface area (Å²) in [4.78, 5) is 20.3. The first-order chi connectivity index (χ1) is 14.7. The highest BCUT2D eigenvalue weighted by Gasteiger charge is 2.26. The topological polar surface area (TPSA) is 127 Å². The number of hydrogen-bond donors (Lipinski definition) is 1. The predicted octanol–water partition coefficient (Wildman–Crippen LogP) is 1.86. The number of morpholine rings is 1. The van der Waals surface area contributed by atoms with Gasteiger partial charge in [-0.2, -0.15) is 15.0 Å². The lowest BCUT2D eigenvalue weighted by molar-refractivity contribution is 0.0981. The summed E-state index contributed by atoms with van der Waals surface area (Å²) >= 11 is 0. The molecule has 1 fully saturated rings. The molecule has 1 saturated heterocycles. The van der Waals surface area contributed by atoms with Crippen molar-refractivity contribution >= 4 is 27.6 Å². The molecule has 2 aromatic rings. The molecule has 0 unspecified atom stereocenters. The second-order valence-electron chi connectivity index (χ2n) is 6.94. The van der Waals surface area contributed by atoms with Gasteiger partial charge in [0.25, 0.3) is 6.43 Å². The van der Waals surface area contributed by atoms with E-state index in [0.717, 1.165) is 16.9 Å². The lowest BCUT2D eigenvalue weighted by Crippen LogP contribution is -2.44. The van der Waals surface area contributed by atoms with Crippen LogP contribution in [-0.4, -0.2) is 54.2 Å². The second-order valence-corrected chi connectivity index (χ2v) is 8.66. The molecule has 0 radical (unpaired) electrons. The fourth-order valence-corrected chi connectivity index (χ4v) is 3.82. The van der Waals surface area contributed by atoms with Gasteiger partial charge in [-0.25, -0.2) is 22.2 Å². The van der Waals surface area contributed by atoms with Crippen LogP contribution in [0.4, 0.5) is 26.5 Å². The van der Waals surface area contributed by atoms with Gasteiger partial charge in [0.1, 0.15) is 5.82 Å². The number of hydrogen-bond acceptors (Lipinski definition) is 10. The first-order valence-corrected chi connectivity index (χ1v) is 10.9. The molecule has 0 bridgehead atoms. The maximum atomic E-state index is 13.7. The number of sulfone groups is 1. The molecule has 4 rings (SSSR count). The molecular weight excluding hydrogens is 432 g/mol. The maximum absolute atomic E-state index is 13.7. The van der Waals surface area contributed by atoms with E-state index < -0.39 is 16.3 Å². The van der Waals surface area contributed by atoms with Gasteiger partial charge in [0.2, 0.25) is 11.9 Å². The number of nitrogen functional groups attached to an aromatic ring is 1. The predicted molar refractivity (Wildman–Crippen MR) is 110 cm³/mol. The number of pyridine rings is 1. The smallest absolute Gasteiger partial charge is 0.264 e. The van der Waals surface area contributed by atoms with E-state index in [4.69, 9.17) is 10.5 Å². The van der Waals surface area contributed by atoms with E-state index in [0.29, 0.717) is 19.8 Å². The minimum absolute atomic E-state index is 0.00704. The van der Waals surface area contributed by atoms with Crippen molar-refractivity contribution in [1.29, 1.82) is 0 Å². The van der Waals surface area contributed by atoms with Gasteiger partial charge >= 0.3 is 0 Å². The molecule has 4 heterocycles. The molecule has 1 atom stereocenters. The molecule has 0 saturated carbocycles. The lowest BCUT2D eigenvalue weighted by atomic mass is 10.1. The quantitative estimate of drug-likeness (QED) is 0.736. The number of alkyl halides is 2. The molecule has 10 nitrogen and oxygen atoms in total. The Kier molecular flexibility index (Phi) is 5.54. The summed E-state index contributed by atoms with van der Waals surface area (Å²) in [6.45, 7) is 3.31. The number of rotatable bonds is 4. The fourth-order valence-electron chi connectivity index (χ4n) is 3.13. The van der Waals surface area contributed by atoms with Crippen LogP contribution in [0.5, 0.6) is 0 Å². The SMILES string of the molecule is C[C@@H]1COCCN1c1nc(-c2cnc(N)cc2C(F)F)nc(N2C=CS(=O)(=O)C=C2)n1. The van der Waals surface area contributed by atoms with Crippen molar-refractivity contribution in [2.24, 2.45) is 0 Å². The highest BCUT2D eigenvalue weighted by Crippen LogP contribution is 2.32. The summed E-state index contributed by atoms with van der Waals surface area (Å²) in [7, 11) is -3.47. The van der Waals surface area contributed by atoms with Gasteiger partial charge in [0.05, 0.1) is 30.1 Å². The van der Waals surface area contributed by atoms with Crippen molar-refractivity contribution in [2.75, 3.05) is 35.3 Å². The standard InChI is InChI=1S/C18H19F2N7O3S/c1-11-10-30-5-2-27(11)18-24-16(13-9-22-14(21)8-12(13)15(19)20)23-17(25-18)26-3-6-31(28,29)7-4-26/h3-4,6-9,11,15H,2,5,10H2,1H3,(H2,21,22)/t11-/m1/s1. The van der Waals surface area contributed by atoms with Crippen molar-refractivity contribution in [3.05, 3.63) is 41.0 Å². The van der Waals surface area contributed by atoms with Crippen molar-refractivity contribution in [3.63, 3.8) is 0 Å². The van der Waals surface area contributed by atoms with E-state index in [1.54, 1.807) is 0 Å². The molecule has 0 spiro atoms. The Bertz CT molecular complexity index is 1140. The molecule has 0 amide bonds. The fraction of sp³-hybridized carbons (Fsp3) is 0.333. The summed E-state index contributed by atoms with van der Waals surface area (Å²) < 4.78 is 56.1. The number of anilines is 3. The third-order valence-electron chi connectivity index (χ3n) is 4.72. The van der Waals surface area contributed by atoms with Crippen LogP contribution in [0.3, 0.4) is 0 Å². The van der Waals surface area contributed by atoms with Crippen molar-refractivity contribution in [3.8, 4) is 11.4 Å². The minimum atomic E-state index is -3.47. The number of halogens is 2. The third kappa shape index (κ3) is 4.46. The average Bonchev–Trinajstić information content (AvgIpc) is 2.73. The number of aromatic nitrogens is 4. The molecule has 0 aliphatic carbocycles. The largest absolute Gasteiger partial charge is 0.384 e. The average molecular weight is 451 g/mol. The molecule has 164 valence electrons.